The normalized spacial score (nSPS) is 21.7. The van der Waals surface area contributed by atoms with Gasteiger partial charge in [-0.1, -0.05) is 18.2 Å². The average molecular weight is 334 g/mol. The van der Waals surface area contributed by atoms with Crippen LogP contribution in [0, 0.1) is 11.6 Å². The van der Waals surface area contributed by atoms with Crippen molar-refractivity contribution >= 4 is 5.96 Å². The Hall–Kier alpha value is -1.95. The molecule has 1 N–H and O–H groups in total. The molecular formula is C18H24F2N4. The zero-order chi connectivity index (χ0) is 16.9. The van der Waals surface area contributed by atoms with Gasteiger partial charge in [-0.25, -0.2) is 8.78 Å². The number of hydrogen-bond acceptors (Lipinski definition) is 2. The van der Waals surface area contributed by atoms with Gasteiger partial charge in [-0.05, 0) is 24.5 Å². The molecule has 0 saturated carbocycles. The number of guanidine groups is 1. The number of likely N-dealkylation sites (tertiary alicyclic amines) is 1. The number of benzene rings is 1. The molecule has 6 heteroatoms. The molecule has 130 valence electrons. The first-order valence-corrected chi connectivity index (χ1v) is 8.46. The van der Waals surface area contributed by atoms with Crippen LogP contribution in [0.2, 0.25) is 0 Å². The summed E-state index contributed by atoms with van der Waals surface area (Å²) in [6.07, 6.45) is 6.06. The van der Waals surface area contributed by atoms with Crippen LogP contribution in [0.25, 0.3) is 0 Å². The Bertz CT molecular complexity index is 621. The quantitative estimate of drug-likeness (QED) is 0.519. The van der Waals surface area contributed by atoms with E-state index in [-0.39, 0.29) is 0 Å². The van der Waals surface area contributed by atoms with E-state index in [1.807, 2.05) is 0 Å². The highest BCUT2D eigenvalue weighted by Gasteiger charge is 2.29. The monoisotopic (exact) mass is 334 g/mol. The van der Waals surface area contributed by atoms with Crippen LogP contribution in [0.4, 0.5) is 8.78 Å². The van der Waals surface area contributed by atoms with E-state index in [2.05, 4.69) is 32.3 Å². The Morgan fingerprint density at radius 1 is 1.29 bits per heavy atom. The lowest BCUT2D eigenvalue weighted by Crippen LogP contribution is -2.43. The van der Waals surface area contributed by atoms with E-state index in [0.29, 0.717) is 24.6 Å². The first kappa shape index (κ1) is 16.9. The van der Waals surface area contributed by atoms with Crippen LogP contribution in [0.1, 0.15) is 12.0 Å². The highest BCUT2D eigenvalue weighted by Crippen LogP contribution is 2.18. The Kier molecular flexibility index (Phi) is 5.45. The van der Waals surface area contributed by atoms with Crippen molar-refractivity contribution in [3.8, 4) is 0 Å². The third-order valence-corrected chi connectivity index (χ3v) is 4.73. The van der Waals surface area contributed by atoms with Crippen molar-refractivity contribution in [2.75, 3.05) is 39.8 Å². The lowest BCUT2D eigenvalue weighted by Gasteiger charge is -2.25. The van der Waals surface area contributed by atoms with Crippen molar-refractivity contribution in [1.29, 1.82) is 0 Å². The van der Waals surface area contributed by atoms with Gasteiger partial charge in [-0.15, -0.1) is 0 Å². The highest BCUT2D eigenvalue weighted by atomic mass is 19.1. The first-order chi connectivity index (χ1) is 11.7. The minimum atomic E-state index is -0.542. The van der Waals surface area contributed by atoms with Crippen LogP contribution >= 0.6 is 0 Å². The van der Waals surface area contributed by atoms with Crippen molar-refractivity contribution in [2.24, 2.45) is 4.99 Å². The molecule has 1 aromatic carbocycles. The maximum absolute atomic E-state index is 13.7. The van der Waals surface area contributed by atoms with Crippen LogP contribution in [-0.4, -0.2) is 61.6 Å². The Labute approximate surface area is 141 Å². The fourth-order valence-electron chi connectivity index (χ4n) is 3.39. The van der Waals surface area contributed by atoms with E-state index in [1.54, 1.807) is 7.05 Å². The van der Waals surface area contributed by atoms with Gasteiger partial charge in [-0.3, -0.25) is 9.89 Å². The second-order valence-corrected chi connectivity index (χ2v) is 6.27. The molecule has 1 fully saturated rings. The number of nitrogens with zero attached hydrogens (tertiary/aromatic N) is 3. The summed E-state index contributed by atoms with van der Waals surface area (Å²) in [4.78, 5) is 9.07. The van der Waals surface area contributed by atoms with Gasteiger partial charge in [-0.2, -0.15) is 0 Å². The molecule has 4 nitrogen and oxygen atoms in total. The van der Waals surface area contributed by atoms with Crippen LogP contribution in [0.15, 0.2) is 35.3 Å². The number of rotatable bonds is 4. The SMILES string of the molecule is CN=C(NCCc1ccc(F)cc1F)N1CCC(N2CC=CC2)C1. The third kappa shape index (κ3) is 3.93. The number of aliphatic imine (C=N–C) groups is 1. The maximum atomic E-state index is 13.7. The Morgan fingerprint density at radius 2 is 2.08 bits per heavy atom. The van der Waals surface area contributed by atoms with Crippen LogP contribution < -0.4 is 5.32 Å². The van der Waals surface area contributed by atoms with Gasteiger partial charge < -0.3 is 10.2 Å². The Balaban J connectivity index is 1.48. The lowest BCUT2D eigenvalue weighted by molar-refractivity contribution is 0.259. The van der Waals surface area contributed by atoms with Gasteiger partial charge in [0, 0.05) is 51.9 Å². The number of hydrogen-bond donors (Lipinski definition) is 1. The molecule has 1 saturated heterocycles. The molecule has 0 aliphatic carbocycles. The molecule has 2 aliphatic heterocycles. The van der Waals surface area contributed by atoms with Crippen molar-refractivity contribution in [1.82, 2.24) is 15.1 Å². The predicted octanol–water partition coefficient (Wildman–Crippen LogP) is 2.03. The summed E-state index contributed by atoms with van der Waals surface area (Å²) < 4.78 is 26.6. The molecule has 24 heavy (non-hydrogen) atoms. The van der Waals surface area contributed by atoms with Crippen LogP contribution in [0.5, 0.6) is 0 Å². The van der Waals surface area contributed by atoms with Gasteiger partial charge in [0.2, 0.25) is 0 Å². The van der Waals surface area contributed by atoms with Crippen LogP contribution in [0.3, 0.4) is 0 Å². The van der Waals surface area contributed by atoms with E-state index < -0.39 is 11.6 Å². The number of nitrogens with one attached hydrogen (secondary N) is 1. The smallest absolute Gasteiger partial charge is 0.193 e. The minimum Gasteiger partial charge on any atom is -0.356 e. The minimum absolute atomic E-state index is 0.491. The van der Waals surface area contributed by atoms with E-state index >= 15 is 0 Å². The van der Waals surface area contributed by atoms with E-state index in [4.69, 9.17) is 0 Å². The van der Waals surface area contributed by atoms with Gasteiger partial charge in [0.25, 0.3) is 0 Å². The third-order valence-electron chi connectivity index (χ3n) is 4.73. The summed E-state index contributed by atoms with van der Waals surface area (Å²) in [6, 6.07) is 4.29. The largest absolute Gasteiger partial charge is 0.356 e. The summed E-state index contributed by atoms with van der Waals surface area (Å²) in [7, 11) is 1.77. The summed E-state index contributed by atoms with van der Waals surface area (Å²) in [5, 5.41) is 3.29. The first-order valence-electron chi connectivity index (χ1n) is 8.46. The topological polar surface area (TPSA) is 30.9 Å². The standard InChI is InChI=1S/C18H24F2N4/c1-21-18(22-8-6-14-4-5-15(19)12-17(14)20)24-11-7-16(13-24)23-9-2-3-10-23/h2-5,12,16H,6-11,13H2,1H3,(H,21,22). The van der Waals surface area contributed by atoms with E-state index in [1.165, 1.54) is 12.1 Å². The molecule has 2 heterocycles. The van der Waals surface area contributed by atoms with Gasteiger partial charge >= 0.3 is 0 Å². The van der Waals surface area contributed by atoms with E-state index in [0.717, 1.165) is 44.6 Å². The zero-order valence-corrected chi connectivity index (χ0v) is 14.0. The fraction of sp³-hybridized carbons (Fsp3) is 0.500. The predicted molar refractivity (Wildman–Crippen MR) is 92.1 cm³/mol. The molecule has 1 aromatic rings. The summed E-state index contributed by atoms with van der Waals surface area (Å²) in [5.41, 5.74) is 0.516. The second kappa shape index (κ2) is 7.75. The summed E-state index contributed by atoms with van der Waals surface area (Å²) >= 11 is 0. The fourth-order valence-corrected chi connectivity index (χ4v) is 3.39. The van der Waals surface area contributed by atoms with Crippen molar-refractivity contribution in [3.05, 3.63) is 47.5 Å². The molecule has 0 spiro atoms. The lowest BCUT2D eigenvalue weighted by atomic mass is 10.1. The summed E-state index contributed by atoms with van der Waals surface area (Å²) in [6.45, 7) is 4.59. The van der Waals surface area contributed by atoms with Gasteiger partial charge in [0.1, 0.15) is 11.6 Å². The van der Waals surface area contributed by atoms with Crippen molar-refractivity contribution in [3.63, 3.8) is 0 Å². The Morgan fingerprint density at radius 3 is 2.79 bits per heavy atom. The van der Waals surface area contributed by atoms with Crippen molar-refractivity contribution in [2.45, 2.75) is 18.9 Å². The molecule has 2 aliphatic rings. The molecule has 1 unspecified atom stereocenters. The number of halogens is 2. The average Bonchev–Trinajstić information content (AvgIpc) is 3.24. The zero-order valence-electron chi connectivity index (χ0n) is 14.0. The second-order valence-electron chi connectivity index (χ2n) is 6.27. The molecule has 0 bridgehead atoms. The molecule has 1 atom stereocenters. The highest BCUT2D eigenvalue weighted by molar-refractivity contribution is 5.80. The van der Waals surface area contributed by atoms with Gasteiger partial charge in [0.05, 0.1) is 0 Å². The maximum Gasteiger partial charge on any atom is 0.193 e. The molecule has 3 rings (SSSR count). The van der Waals surface area contributed by atoms with Gasteiger partial charge in [0.15, 0.2) is 5.96 Å². The molecule has 0 radical (unpaired) electrons. The van der Waals surface area contributed by atoms with E-state index in [9.17, 15) is 8.78 Å². The molecular weight excluding hydrogens is 310 g/mol. The molecule has 0 amide bonds. The molecule has 0 aromatic heterocycles. The van der Waals surface area contributed by atoms with Crippen molar-refractivity contribution < 1.29 is 8.78 Å². The summed E-state index contributed by atoms with van der Waals surface area (Å²) in [5.74, 6) is -0.179. The van der Waals surface area contributed by atoms with Crippen LogP contribution in [-0.2, 0) is 6.42 Å².